The van der Waals surface area contributed by atoms with Crippen LogP contribution >= 0.6 is 11.3 Å². The SMILES string of the molecule is CCOc1ccc(C(C)(NCc2cccs2)C(=O)O)cc1. The Labute approximate surface area is 128 Å². The van der Waals surface area contributed by atoms with Crippen LogP contribution in [0.3, 0.4) is 0 Å². The summed E-state index contributed by atoms with van der Waals surface area (Å²) in [6.45, 7) is 4.70. The van der Waals surface area contributed by atoms with E-state index in [1.165, 1.54) is 0 Å². The van der Waals surface area contributed by atoms with Gasteiger partial charge in [-0.25, -0.2) is 4.79 Å². The van der Waals surface area contributed by atoms with Crippen LogP contribution in [0.2, 0.25) is 0 Å². The minimum atomic E-state index is -1.13. The maximum atomic E-state index is 11.7. The molecular weight excluding hydrogens is 286 g/mol. The number of ether oxygens (including phenoxy) is 1. The van der Waals surface area contributed by atoms with Crippen LogP contribution < -0.4 is 10.1 Å². The van der Waals surface area contributed by atoms with Crippen LogP contribution in [0.4, 0.5) is 0 Å². The number of thiophene rings is 1. The lowest BCUT2D eigenvalue weighted by Gasteiger charge is -2.27. The van der Waals surface area contributed by atoms with Crippen LogP contribution in [0, 0.1) is 0 Å². The maximum absolute atomic E-state index is 11.7. The van der Waals surface area contributed by atoms with Gasteiger partial charge in [-0.2, -0.15) is 0 Å². The van der Waals surface area contributed by atoms with Crippen molar-refractivity contribution >= 4 is 17.3 Å². The molecule has 1 aromatic heterocycles. The first-order valence-corrected chi connectivity index (χ1v) is 7.68. The second-order valence-electron chi connectivity index (χ2n) is 4.82. The van der Waals surface area contributed by atoms with Gasteiger partial charge >= 0.3 is 5.97 Å². The highest BCUT2D eigenvalue weighted by Crippen LogP contribution is 2.25. The lowest BCUT2D eigenvalue weighted by Crippen LogP contribution is -2.46. The van der Waals surface area contributed by atoms with E-state index in [4.69, 9.17) is 4.74 Å². The van der Waals surface area contributed by atoms with Crippen molar-refractivity contribution in [2.24, 2.45) is 0 Å². The van der Waals surface area contributed by atoms with Crippen molar-refractivity contribution in [1.82, 2.24) is 5.32 Å². The number of hydrogen-bond donors (Lipinski definition) is 2. The van der Waals surface area contributed by atoms with Crippen molar-refractivity contribution in [3.05, 3.63) is 52.2 Å². The van der Waals surface area contributed by atoms with Crippen molar-refractivity contribution in [3.8, 4) is 5.75 Å². The topological polar surface area (TPSA) is 58.6 Å². The molecule has 1 aromatic carbocycles. The van der Waals surface area contributed by atoms with Crippen LogP contribution in [0.25, 0.3) is 0 Å². The molecule has 2 rings (SSSR count). The average Bonchev–Trinajstić information content (AvgIpc) is 2.99. The van der Waals surface area contributed by atoms with Gasteiger partial charge in [-0.3, -0.25) is 5.32 Å². The Hall–Kier alpha value is -1.85. The zero-order valence-electron chi connectivity index (χ0n) is 12.1. The zero-order chi connectivity index (χ0) is 15.3. The van der Waals surface area contributed by atoms with Gasteiger partial charge in [0.2, 0.25) is 0 Å². The third-order valence-corrected chi connectivity index (χ3v) is 4.24. The summed E-state index contributed by atoms with van der Waals surface area (Å²) in [5.41, 5.74) is -0.427. The first-order valence-electron chi connectivity index (χ1n) is 6.80. The largest absolute Gasteiger partial charge is 0.494 e. The molecule has 0 fully saturated rings. The molecule has 0 saturated heterocycles. The van der Waals surface area contributed by atoms with Crippen LogP contribution in [0.5, 0.6) is 5.75 Å². The first-order chi connectivity index (χ1) is 10.1. The fraction of sp³-hybridized carbons (Fsp3) is 0.312. The van der Waals surface area contributed by atoms with E-state index in [-0.39, 0.29) is 0 Å². The third-order valence-electron chi connectivity index (χ3n) is 3.37. The van der Waals surface area contributed by atoms with Gasteiger partial charge in [0.15, 0.2) is 0 Å². The quantitative estimate of drug-likeness (QED) is 0.824. The van der Waals surface area contributed by atoms with E-state index in [1.807, 2.05) is 24.4 Å². The molecule has 2 aromatic rings. The summed E-state index contributed by atoms with van der Waals surface area (Å²) in [4.78, 5) is 12.8. The Morgan fingerprint density at radius 1 is 1.33 bits per heavy atom. The van der Waals surface area contributed by atoms with Gasteiger partial charge in [0.05, 0.1) is 6.61 Å². The summed E-state index contributed by atoms with van der Waals surface area (Å²) in [7, 11) is 0. The number of aliphatic carboxylic acids is 1. The van der Waals surface area contributed by atoms with E-state index in [0.29, 0.717) is 18.7 Å². The van der Waals surface area contributed by atoms with E-state index in [1.54, 1.807) is 42.5 Å². The Balaban J connectivity index is 2.18. The fourth-order valence-electron chi connectivity index (χ4n) is 2.03. The summed E-state index contributed by atoms with van der Waals surface area (Å²) in [5, 5.41) is 14.7. The molecule has 21 heavy (non-hydrogen) atoms. The normalized spacial score (nSPS) is 13.6. The van der Waals surface area contributed by atoms with Crippen molar-refractivity contribution in [1.29, 1.82) is 0 Å². The molecule has 1 atom stereocenters. The first kappa shape index (κ1) is 15.5. The van der Waals surface area contributed by atoms with E-state index < -0.39 is 11.5 Å². The van der Waals surface area contributed by atoms with Gasteiger partial charge in [-0.15, -0.1) is 11.3 Å². The van der Waals surface area contributed by atoms with Crippen LogP contribution in [-0.4, -0.2) is 17.7 Å². The lowest BCUT2D eigenvalue weighted by molar-refractivity contribution is -0.144. The summed E-state index contributed by atoms with van der Waals surface area (Å²) in [5.74, 6) is -0.157. The molecule has 0 aliphatic rings. The molecule has 2 N–H and O–H groups in total. The van der Waals surface area contributed by atoms with Gasteiger partial charge in [0.25, 0.3) is 0 Å². The van der Waals surface area contributed by atoms with Gasteiger partial charge in [0.1, 0.15) is 11.3 Å². The number of hydrogen-bond acceptors (Lipinski definition) is 4. The Morgan fingerprint density at radius 3 is 2.57 bits per heavy atom. The second kappa shape index (κ2) is 6.74. The summed E-state index contributed by atoms with van der Waals surface area (Å²) < 4.78 is 5.39. The molecule has 0 amide bonds. The third kappa shape index (κ3) is 3.62. The highest BCUT2D eigenvalue weighted by molar-refractivity contribution is 7.09. The van der Waals surface area contributed by atoms with Crippen molar-refractivity contribution in [2.45, 2.75) is 25.9 Å². The van der Waals surface area contributed by atoms with Crippen LogP contribution in [-0.2, 0) is 16.9 Å². The predicted octanol–water partition coefficient (Wildman–Crippen LogP) is 3.24. The molecule has 0 aliphatic carbocycles. The van der Waals surface area contributed by atoms with E-state index in [0.717, 1.165) is 10.6 Å². The number of carboxylic acids is 1. The van der Waals surface area contributed by atoms with E-state index in [9.17, 15) is 9.90 Å². The van der Waals surface area contributed by atoms with Gasteiger partial charge in [0, 0.05) is 11.4 Å². The highest BCUT2D eigenvalue weighted by atomic mass is 32.1. The summed E-state index contributed by atoms with van der Waals surface area (Å²) in [6.07, 6.45) is 0. The molecule has 1 unspecified atom stereocenters. The molecule has 5 heteroatoms. The number of rotatable bonds is 7. The predicted molar refractivity (Wildman–Crippen MR) is 83.8 cm³/mol. The number of carboxylic acid groups (broad SMARTS) is 1. The Kier molecular flexibility index (Phi) is 4.98. The molecule has 0 bridgehead atoms. The summed E-state index contributed by atoms with van der Waals surface area (Å²) >= 11 is 1.60. The smallest absolute Gasteiger partial charge is 0.328 e. The Morgan fingerprint density at radius 2 is 2.05 bits per heavy atom. The monoisotopic (exact) mass is 305 g/mol. The molecule has 0 radical (unpaired) electrons. The molecule has 4 nitrogen and oxygen atoms in total. The number of carbonyl (C=O) groups is 1. The van der Waals surface area contributed by atoms with Crippen LogP contribution in [0.1, 0.15) is 24.3 Å². The fourth-order valence-corrected chi connectivity index (χ4v) is 2.67. The van der Waals surface area contributed by atoms with Gasteiger partial charge < -0.3 is 9.84 Å². The highest BCUT2D eigenvalue weighted by Gasteiger charge is 2.34. The average molecular weight is 305 g/mol. The van der Waals surface area contributed by atoms with Crippen molar-refractivity contribution in [2.75, 3.05) is 6.61 Å². The molecule has 0 spiro atoms. The Bertz CT molecular complexity index is 580. The van der Waals surface area contributed by atoms with Gasteiger partial charge in [-0.05, 0) is 43.0 Å². The van der Waals surface area contributed by atoms with Crippen molar-refractivity contribution < 1.29 is 14.6 Å². The number of nitrogens with one attached hydrogen (secondary N) is 1. The maximum Gasteiger partial charge on any atom is 0.328 e. The summed E-state index contributed by atoms with van der Waals surface area (Å²) in [6, 6.07) is 11.1. The lowest BCUT2D eigenvalue weighted by atomic mass is 9.92. The standard InChI is InChI=1S/C16H19NO3S/c1-3-20-13-8-6-12(7-9-13)16(2,15(18)19)17-11-14-5-4-10-21-14/h4-10,17H,3,11H2,1-2H3,(H,18,19). The minimum Gasteiger partial charge on any atom is -0.494 e. The number of benzene rings is 1. The molecule has 112 valence electrons. The van der Waals surface area contributed by atoms with E-state index in [2.05, 4.69) is 5.32 Å². The van der Waals surface area contributed by atoms with Crippen molar-refractivity contribution in [3.63, 3.8) is 0 Å². The molecule has 1 heterocycles. The molecular formula is C16H19NO3S. The molecule has 0 aliphatic heterocycles. The van der Waals surface area contributed by atoms with Gasteiger partial charge in [-0.1, -0.05) is 18.2 Å². The zero-order valence-corrected chi connectivity index (χ0v) is 12.9. The molecule has 0 saturated carbocycles. The van der Waals surface area contributed by atoms with E-state index >= 15 is 0 Å². The van der Waals surface area contributed by atoms with Crippen LogP contribution in [0.15, 0.2) is 41.8 Å². The minimum absolute atomic E-state index is 0.522. The second-order valence-corrected chi connectivity index (χ2v) is 5.85.